The molecule has 7 nitrogen and oxygen atoms in total. The molecule has 0 aliphatic heterocycles. The fourth-order valence-corrected chi connectivity index (χ4v) is 0.730. The highest BCUT2D eigenvalue weighted by Crippen LogP contribution is 1.90. The standard InChI is InChI=1S/C8H13N3O4S/c1-3-14-6(12)5(7(13)15-4-2)10-11-8(9)16/h3-4H2,1-2H3,(H3,9,11,16). The van der Waals surface area contributed by atoms with Crippen LogP contribution in [-0.4, -0.2) is 36.0 Å². The van der Waals surface area contributed by atoms with E-state index in [1.54, 1.807) is 13.8 Å². The molecule has 0 aromatic carbocycles. The van der Waals surface area contributed by atoms with Gasteiger partial charge in [0.25, 0.3) is 5.71 Å². The maximum Gasteiger partial charge on any atom is 0.366 e. The minimum atomic E-state index is -0.898. The Morgan fingerprint density at radius 2 is 1.69 bits per heavy atom. The Morgan fingerprint density at radius 1 is 1.25 bits per heavy atom. The van der Waals surface area contributed by atoms with E-state index in [1.807, 2.05) is 0 Å². The zero-order valence-corrected chi connectivity index (χ0v) is 9.80. The van der Waals surface area contributed by atoms with Crippen LogP contribution in [0.1, 0.15) is 13.8 Å². The summed E-state index contributed by atoms with van der Waals surface area (Å²) in [7, 11) is 0. The molecule has 0 saturated carbocycles. The van der Waals surface area contributed by atoms with Crippen molar-refractivity contribution in [2.75, 3.05) is 13.2 Å². The summed E-state index contributed by atoms with van der Waals surface area (Å²) in [5.74, 6) is -1.80. The van der Waals surface area contributed by atoms with Gasteiger partial charge in [-0.05, 0) is 26.1 Å². The molecule has 0 aromatic heterocycles. The van der Waals surface area contributed by atoms with Crippen LogP contribution in [0.2, 0.25) is 0 Å². The quantitative estimate of drug-likeness (QED) is 0.218. The molecule has 3 N–H and O–H groups in total. The van der Waals surface area contributed by atoms with E-state index >= 15 is 0 Å². The monoisotopic (exact) mass is 247 g/mol. The number of nitrogens with one attached hydrogen (secondary N) is 1. The first-order chi connectivity index (χ1) is 7.52. The van der Waals surface area contributed by atoms with Crippen LogP contribution in [-0.2, 0) is 19.1 Å². The molecule has 8 heteroatoms. The fraction of sp³-hybridized carbons (Fsp3) is 0.500. The lowest BCUT2D eigenvalue weighted by Crippen LogP contribution is -2.33. The molecule has 0 rings (SSSR count). The number of carbonyl (C=O) groups is 2. The molecule has 0 aliphatic rings. The van der Waals surface area contributed by atoms with Crippen LogP contribution in [0.25, 0.3) is 0 Å². The second-order valence-electron chi connectivity index (χ2n) is 2.38. The number of esters is 2. The molecule has 0 unspecified atom stereocenters. The van der Waals surface area contributed by atoms with Crippen molar-refractivity contribution in [3.05, 3.63) is 0 Å². The number of hydrazone groups is 1. The molecular formula is C8H13N3O4S. The number of carbonyl (C=O) groups excluding carboxylic acids is 2. The first-order valence-electron chi connectivity index (χ1n) is 4.50. The van der Waals surface area contributed by atoms with E-state index < -0.39 is 17.7 Å². The molecule has 90 valence electrons. The van der Waals surface area contributed by atoms with Crippen molar-refractivity contribution in [2.24, 2.45) is 10.8 Å². The number of thiocarbonyl (C=S) groups is 1. The van der Waals surface area contributed by atoms with Crippen molar-refractivity contribution < 1.29 is 19.1 Å². The predicted octanol–water partition coefficient (Wildman–Crippen LogP) is -0.698. The largest absolute Gasteiger partial charge is 0.461 e. The average molecular weight is 247 g/mol. The average Bonchev–Trinajstić information content (AvgIpc) is 2.18. The van der Waals surface area contributed by atoms with Gasteiger partial charge < -0.3 is 15.2 Å². The summed E-state index contributed by atoms with van der Waals surface area (Å²) in [5, 5.41) is 3.24. The molecule has 0 aliphatic carbocycles. The van der Waals surface area contributed by atoms with Crippen molar-refractivity contribution in [1.29, 1.82) is 0 Å². The zero-order chi connectivity index (χ0) is 12.6. The summed E-state index contributed by atoms with van der Waals surface area (Å²) in [4.78, 5) is 22.6. The number of nitrogens with two attached hydrogens (primary N) is 1. The fourth-order valence-electron chi connectivity index (χ4n) is 0.685. The lowest BCUT2D eigenvalue weighted by Gasteiger charge is -2.05. The van der Waals surface area contributed by atoms with Crippen molar-refractivity contribution in [3.8, 4) is 0 Å². The highest BCUT2D eigenvalue weighted by atomic mass is 32.1. The van der Waals surface area contributed by atoms with E-state index in [-0.39, 0.29) is 18.3 Å². The number of hydrogen-bond donors (Lipinski definition) is 2. The molecule has 0 heterocycles. The maximum atomic E-state index is 11.3. The number of ether oxygens (including phenoxy) is 2. The number of hydrogen-bond acceptors (Lipinski definition) is 6. The lowest BCUT2D eigenvalue weighted by atomic mass is 10.4. The Balaban J connectivity index is 4.74. The van der Waals surface area contributed by atoms with E-state index in [1.165, 1.54) is 0 Å². The van der Waals surface area contributed by atoms with Gasteiger partial charge in [0.1, 0.15) is 0 Å². The van der Waals surface area contributed by atoms with Gasteiger partial charge in [-0.2, -0.15) is 5.10 Å². The Morgan fingerprint density at radius 3 is 2.00 bits per heavy atom. The molecule has 0 amide bonds. The van der Waals surface area contributed by atoms with Gasteiger partial charge >= 0.3 is 11.9 Å². The van der Waals surface area contributed by atoms with Gasteiger partial charge in [0, 0.05) is 0 Å². The third kappa shape index (κ3) is 5.25. The molecule has 0 atom stereocenters. The van der Waals surface area contributed by atoms with Crippen LogP contribution in [0.15, 0.2) is 5.10 Å². The van der Waals surface area contributed by atoms with Crippen LogP contribution < -0.4 is 11.2 Å². The Kier molecular flexibility index (Phi) is 6.77. The molecule has 16 heavy (non-hydrogen) atoms. The Bertz CT molecular complexity index is 296. The van der Waals surface area contributed by atoms with Crippen molar-refractivity contribution >= 4 is 35.0 Å². The predicted molar refractivity (Wildman–Crippen MR) is 60.6 cm³/mol. The lowest BCUT2D eigenvalue weighted by molar-refractivity contribution is -0.140. The summed E-state index contributed by atoms with van der Waals surface area (Å²) < 4.78 is 9.22. The van der Waals surface area contributed by atoms with Gasteiger partial charge in [-0.15, -0.1) is 0 Å². The Hall–Kier alpha value is -1.70. The molecule has 0 bridgehead atoms. The van der Waals surface area contributed by atoms with Crippen LogP contribution in [0.4, 0.5) is 0 Å². The molecule has 0 saturated heterocycles. The Labute approximate surface area is 98.0 Å². The van der Waals surface area contributed by atoms with Crippen molar-refractivity contribution in [3.63, 3.8) is 0 Å². The van der Waals surface area contributed by atoms with E-state index in [0.29, 0.717) is 0 Å². The van der Waals surface area contributed by atoms with E-state index in [0.717, 1.165) is 0 Å². The SMILES string of the molecule is CCOC(=O)C(=NNC(N)=S)C(=O)OCC. The topological polar surface area (TPSA) is 103 Å². The second-order valence-corrected chi connectivity index (χ2v) is 2.82. The summed E-state index contributed by atoms with van der Waals surface area (Å²) in [6.45, 7) is 3.43. The summed E-state index contributed by atoms with van der Waals surface area (Å²) >= 11 is 4.47. The first-order valence-corrected chi connectivity index (χ1v) is 4.91. The second kappa shape index (κ2) is 7.57. The van der Waals surface area contributed by atoms with Crippen molar-refractivity contribution in [2.45, 2.75) is 13.8 Å². The molecule has 0 fully saturated rings. The maximum absolute atomic E-state index is 11.3. The molecule has 0 aromatic rings. The van der Waals surface area contributed by atoms with E-state index in [2.05, 4.69) is 32.2 Å². The third-order valence-electron chi connectivity index (χ3n) is 1.22. The van der Waals surface area contributed by atoms with Crippen LogP contribution in [0, 0.1) is 0 Å². The minimum absolute atomic E-state index is 0.115. The highest BCUT2D eigenvalue weighted by Gasteiger charge is 2.23. The normalized spacial score (nSPS) is 8.88. The van der Waals surface area contributed by atoms with Crippen LogP contribution in [0.3, 0.4) is 0 Å². The molecule has 0 spiro atoms. The van der Waals surface area contributed by atoms with Gasteiger partial charge in [0.2, 0.25) is 0 Å². The highest BCUT2D eigenvalue weighted by molar-refractivity contribution is 7.80. The smallest absolute Gasteiger partial charge is 0.366 e. The summed E-state index contributed by atoms with van der Waals surface area (Å²) in [6.07, 6.45) is 0. The molecular weight excluding hydrogens is 234 g/mol. The van der Waals surface area contributed by atoms with E-state index in [9.17, 15) is 9.59 Å². The van der Waals surface area contributed by atoms with Gasteiger partial charge in [-0.3, -0.25) is 5.43 Å². The van der Waals surface area contributed by atoms with Crippen molar-refractivity contribution in [1.82, 2.24) is 5.43 Å². The van der Waals surface area contributed by atoms with Crippen LogP contribution >= 0.6 is 12.2 Å². The van der Waals surface area contributed by atoms with Gasteiger partial charge in [0.05, 0.1) is 13.2 Å². The molecule has 0 radical (unpaired) electrons. The summed E-state index contributed by atoms with van der Waals surface area (Å²) in [5.41, 5.74) is 6.69. The number of nitrogens with zero attached hydrogens (tertiary/aromatic N) is 1. The van der Waals surface area contributed by atoms with Gasteiger partial charge in [0.15, 0.2) is 5.11 Å². The van der Waals surface area contributed by atoms with Gasteiger partial charge in [-0.25, -0.2) is 9.59 Å². The third-order valence-corrected chi connectivity index (χ3v) is 1.31. The zero-order valence-electron chi connectivity index (χ0n) is 8.98. The van der Waals surface area contributed by atoms with Gasteiger partial charge in [-0.1, -0.05) is 0 Å². The minimum Gasteiger partial charge on any atom is -0.461 e. The van der Waals surface area contributed by atoms with E-state index in [4.69, 9.17) is 5.73 Å². The first kappa shape index (κ1) is 14.3. The van der Waals surface area contributed by atoms with Crippen LogP contribution in [0.5, 0.6) is 0 Å². The summed E-state index contributed by atoms with van der Waals surface area (Å²) in [6, 6.07) is 0. The number of rotatable bonds is 5.